The number of thioether (sulfide) groups is 1. The van der Waals surface area contributed by atoms with Crippen molar-refractivity contribution in [3.63, 3.8) is 0 Å². The van der Waals surface area contributed by atoms with E-state index >= 15 is 0 Å². The van der Waals surface area contributed by atoms with Crippen LogP contribution < -0.4 is 10.1 Å². The lowest BCUT2D eigenvalue weighted by Gasteiger charge is -2.12. The van der Waals surface area contributed by atoms with Gasteiger partial charge in [0.25, 0.3) is 5.91 Å². The Kier molecular flexibility index (Phi) is 6.89. The van der Waals surface area contributed by atoms with Crippen LogP contribution in [0.15, 0.2) is 22.0 Å². The number of amidine groups is 1. The van der Waals surface area contributed by atoms with E-state index in [-0.39, 0.29) is 11.8 Å². The monoisotopic (exact) mass is 556 g/mol. The van der Waals surface area contributed by atoms with Gasteiger partial charge in [-0.05, 0) is 81.6 Å². The first kappa shape index (κ1) is 18.7. The number of nitrogens with one attached hydrogen (secondary N) is 1. The number of halogens is 2. The first-order valence-electron chi connectivity index (χ1n) is 6.82. The standard InChI is InChI=1S/C15H14I2N2O3S/c1-3-4-22-13-9(5-10(16)7-11(13)17)6-12-14(21)19-15(23-12)18-8(2)20/h5-7H,3-4H2,1-2H3,(H,18,19,20,21). The van der Waals surface area contributed by atoms with Gasteiger partial charge in [-0.15, -0.1) is 0 Å². The minimum absolute atomic E-state index is 0.249. The van der Waals surface area contributed by atoms with Gasteiger partial charge in [0.15, 0.2) is 5.17 Å². The molecule has 0 saturated heterocycles. The van der Waals surface area contributed by atoms with E-state index in [0.29, 0.717) is 16.7 Å². The van der Waals surface area contributed by atoms with Crippen molar-refractivity contribution in [2.24, 2.45) is 4.99 Å². The SMILES string of the molecule is CCCOc1c(I)cc(I)cc1C=C1SC(NC(C)=O)=NC1=O. The summed E-state index contributed by atoms with van der Waals surface area (Å²) in [6, 6.07) is 3.99. The van der Waals surface area contributed by atoms with E-state index in [1.54, 1.807) is 6.08 Å². The van der Waals surface area contributed by atoms with Crippen molar-refractivity contribution in [2.75, 3.05) is 6.61 Å². The Balaban J connectivity index is 2.32. The quantitative estimate of drug-likeness (QED) is 0.453. The fraction of sp³-hybridized carbons (Fsp3) is 0.267. The second-order valence-corrected chi connectivity index (χ2v) is 8.11. The van der Waals surface area contributed by atoms with E-state index in [1.807, 2.05) is 19.1 Å². The minimum Gasteiger partial charge on any atom is -0.492 e. The van der Waals surface area contributed by atoms with Crippen molar-refractivity contribution in [3.8, 4) is 5.75 Å². The molecule has 1 aromatic rings. The maximum absolute atomic E-state index is 12.0. The van der Waals surface area contributed by atoms with E-state index in [1.165, 1.54) is 6.92 Å². The third-order valence-corrected chi connectivity index (χ3v) is 5.00. The van der Waals surface area contributed by atoms with Crippen molar-refractivity contribution in [1.82, 2.24) is 5.32 Å². The molecule has 2 rings (SSSR count). The van der Waals surface area contributed by atoms with Crippen molar-refractivity contribution >= 4 is 80.0 Å². The molecule has 5 nitrogen and oxygen atoms in total. The van der Waals surface area contributed by atoms with Gasteiger partial charge in [-0.25, -0.2) is 0 Å². The molecular weight excluding hydrogens is 542 g/mol. The lowest BCUT2D eigenvalue weighted by molar-refractivity contribution is -0.117. The van der Waals surface area contributed by atoms with Crippen LogP contribution in [-0.2, 0) is 9.59 Å². The van der Waals surface area contributed by atoms with Crippen LogP contribution >= 0.6 is 56.9 Å². The molecular formula is C15H14I2N2O3S. The molecule has 0 saturated carbocycles. The summed E-state index contributed by atoms with van der Waals surface area (Å²) in [5.74, 6) is 0.164. The zero-order chi connectivity index (χ0) is 17.0. The highest BCUT2D eigenvalue weighted by atomic mass is 127. The van der Waals surface area contributed by atoms with Gasteiger partial charge in [-0.1, -0.05) is 6.92 Å². The largest absolute Gasteiger partial charge is 0.492 e. The molecule has 0 atom stereocenters. The summed E-state index contributed by atoms with van der Waals surface area (Å²) in [4.78, 5) is 27.4. The molecule has 2 amide bonds. The second kappa shape index (κ2) is 8.47. The average molecular weight is 556 g/mol. The maximum Gasteiger partial charge on any atom is 0.286 e. The number of carbonyl (C=O) groups excluding carboxylic acids is 2. The Morgan fingerprint density at radius 1 is 1.43 bits per heavy atom. The summed E-state index contributed by atoms with van der Waals surface area (Å²) in [6.07, 6.45) is 2.67. The third-order valence-electron chi connectivity index (χ3n) is 2.68. The highest BCUT2D eigenvalue weighted by Gasteiger charge is 2.23. The Bertz CT molecular complexity index is 717. The summed E-state index contributed by atoms with van der Waals surface area (Å²) in [6.45, 7) is 4.04. The average Bonchev–Trinajstić information content (AvgIpc) is 2.76. The molecule has 1 heterocycles. The Labute approximate surface area is 166 Å². The lowest BCUT2D eigenvalue weighted by Crippen LogP contribution is -2.23. The van der Waals surface area contributed by atoms with Gasteiger partial charge in [0, 0.05) is 16.1 Å². The fourth-order valence-corrected chi connectivity index (χ4v) is 4.69. The summed E-state index contributed by atoms with van der Waals surface area (Å²) < 4.78 is 7.88. The van der Waals surface area contributed by atoms with Gasteiger partial charge in [-0.2, -0.15) is 4.99 Å². The summed E-state index contributed by atoms with van der Waals surface area (Å²) >= 11 is 5.61. The highest BCUT2D eigenvalue weighted by Crippen LogP contribution is 2.34. The highest BCUT2D eigenvalue weighted by molar-refractivity contribution is 14.1. The van der Waals surface area contributed by atoms with Crippen LogP contribution in [0.4, 0.5) is 0 Å². The van der Waals surface area contributed by atoms with Gasteiger partial charge < -0.3 is 10.1 Å². The van der Waals surface area contributed by atoms with Crippen molar-refractivity contribution in [2.45, 2.75) is 20.3 Å². The number of aliphatic imine (C=N–C) groups is 1. The number of amides is 2. The molecule has 8 heteroatoms. The van der Waals surface area contributed by atoms with E-state index in [2.05, 4.69) is 55.5 Å². The number of hydrogen-bond acceptors (Lipinski definition) is 4. The van der Waals surface area contributed by atoms with E-state index in [0.717, 1.165) is 36.6 Å². The van der Waals surface area contributed by atoms with Gasteiger partial charge in [-0.3, -0.25) is 9.59 Å². The number of ether oxygens (including phenoxy) is 1. The van der Waals surface area contributed by atoms with E-state index < -0.39 is 0 Å². The van der Waals surface area contributed by atoms with Crippen molar-refractivity contribution in [1.29, 1.82) is 0 Å². The van der Waals surface area contributed by atoms with Crippen LogP contribution in [-0.4, -0.2) is 23.6 Å². The summed E-state index contributed by atoms with van der Waals surface area (Å²) in [5.41, 5.74) is 0.838. The molecule has 122 valence electrons. The van der Waals surface area contributed by atoms with Gasteiger partial charge in [0.05, 0.1) is 15.1 Å². The van der Waals surface area contributed by atoms with Crippen molar-refractivity contribution in [3.05, 3.63) is 29.7 Å². The molecule has 0 bridgehead atoms. The first-order valence-corrected chi connectivity index (χ1v) is 9.80. The molecule has 1 N–H and O–H groups in total. The maximum atomic E-state index is 12.0. The molecule has 1 aliphatic rings. The van der Waals surface area contributed by atoms with Crippen LogP contribution in [0.3, 0.4) is 0 Å². The van der Waals surface area contributed by atoms with Crippen LogP contribution in [0, 0.1) is 7.14 Å². The topological polar surface area (TPSA) is 67.8 Å². The molecule has 23 heavy (non-hydrogen) atoms. The molecule has 0 radical (unpaired) electrons. The minimum atomic E-state index is -0.353. The Morgan fingerprint density at radius 2 is 2.17 bits per heavy atom. The molecule has 0 fully saturated rings. The number of benzene rings is 1. The van der Waals surface area contributed by atoms with Crippen LogP contribution in [0.1, 0.15) is 25.8 Å². The normalized spacial score (nSPS) is 15.7. The first-order chi connectivity index (χ1) is 10.9. The zero-order valence-corrected chi connectivity index (χ0v) is 17.6. The molecule has 1 aliphatic heterocycles. The van der Waals surface area contributed by atoms with Gasteiger partial charge in [0.1, 0.15) is 5.75 Å². The van der Waals surface area contributed by atoms with Gasteiger partial charge >= 0.3 is 0 Å². The predicted octanol–water partition coefficient (Wildman–Crippen LogP) is 3.79. The number of rotatable bonds is 4. The molecule has 1 aromatic carbocycles. The smallest absolute Gasteiger partial charge is 0.286 e. The third kappa shape index (κ3) is 5.18. The number of hydrogen-bond donors (Lipinski definition) is 1. The molecule has 0 aliphatic carbocycles. The lowest BCUT2D eigenvalue weighted by atomic mass is 10.2. The van der Waals surface area contributed by atoms with Gasteiger partial charge in [0.2, 0.25) is 5.91 Å². The Morgan fingerprint density at radius 3 is 2.83 bits per heavy atom. The summed E-state index contributed by atoms with van der Waals surface area (Å²) in [7, 11) is 0. The molecule has 0 aromatic heterocycles. The summed E-state index contributed by atoms with van der Waals surface area (Å²) in [5, 5.41) is 2.85. The van der Waals surface area contributed by atoms with Crippen LogP contribution in [0.2, 0.25) is 0 Å². The van der Waals surface area contributed by atoms with Crippen LogP contribution in [0.25, 0.3) is 6.08 Å². The van der Waals surface area contributed by atoms with E-state index in [9.17, 15) is 9.59 Å². The number of nitrogens with zero attached hydrogens (tertiary/aromatic N) is 1. The van der Waals surface area contributed by atoms with Crippen molar-refractivity contribution < 1.29 is 14.3 Å². The van der Waals surface area contributed by atoms with E-state index in [4.69, 9.17) is 4.74 Å². The predicted molar refractivity (Wildman–Crippen MR) is 109 cm³/mol. The van der Waals surface area contributed by atoms with Crippen LogP contribution in [0.5, 0.6) is 5.75 Å². The molecule has 0 spiro atoms. The second-order valence-electron chi connectivity index (χ2n) is 4.67. The number of carbonyl (C=O) groups is 2. The fourth-order valence-electron chi connectivity index (χ4n) is 1.80. The Hall–Kier alpha value is -0.620. The molecule has 0 unspecified atom stereocenters. The zero-order valence-electron chi connectivity index (χ0n) is 12.5.